The Kier molecular flexibility index (Phi) is 6.72. The number of hydrogen-bond donors (Lipinski definition) is 0. The van der Waals surface area contributed by atoms with Gasteiger partial charge in [0.15, 0.2) is 0 Å². The molecule has 0 aliphatic heterocycles. The summed E-state index contributed by atoms with van der Waals surface area (Å²) in [6, 6.07) is 5.58. The van der Waals surface area contributed by atoms with Gasteiger partial charge in [-0.3, -0.25) is 0 Å². The van der Waals surface area contributed by atoms with Crippen molar-refractivity contribution in [3.05, 3.63) is 77.6 Å². The lowest BCUT2D eigenvalue weighted by atomic mass is 9.97. The first-order valence-electron chi connectivity index (χ1n) is 7.32. The van der Waals surface area contributed by atoms with E-state index in [2.05, 4.69) is 31.6 Å². The van der Waals surface area contributed by atoms with Gasteiger partial charge < -0.3 is 4.74 Å². The summed E-state index contributed by atoms with van der Waals surface area (Å²) in [5.41, 5.74) is 5.19. The first-order chi connectivity index (χ1) is 10.9. The van der Waals surface area contributed by atoms with Crippen LogP contribution in [-0.4, -0.2) is 6.61 Å². The van der Waals surface area contributed by atoms with Crippen molar-refractivity contribution in [1.29, 1.82) is 0 Å². The van der Waals surface area contributed by atoms with Gasteiger partial charge >= 0.3 is 0 Å². The molecule has 0 aliphatic rings. The van der Waals surface area contributed by atoms with Gasteiger partial charge in [-0.05, 0) is 31.6 Å². The van der Waals surface area contributed by atoms with E-state index in [0.717, 1.165) is 45.6 Å². The van der Waals surface area contributed by atoms with Crippen molar-refractivity contribution in [2.24, 2.45) is 0 Å². The maximum Gasteiger partial charge on any atom is 0.101 e. The zero-order valence-electron chi connectivity index (χ0n) is 13.9. The van der Waals surface area contributed by atoms with Crippen LogP contribution in [-0.2, 0) is 4.74 Å². The lowest BCUT2D eigenvalue weighted by molar-refractivity contribution is 0.220. The van der Waals surface area contributed by atoms with Crippen molar-refractivity contribution >= 4 is 5.57 Å². The van der Waals surface area contributed by atoms with Crippen LogP contribution in [0.2, 0.25) is 0 Å². The number of hydrogen-bond acceptors (Lipinski definition) is 1. The molecular formula is C22H22O. The second kappa shape index (κ2) is 8.52. The zero-order valence-corrected chi connectivity index (χ0v) is 13.9. The van der Waals surface area contributed by atoms with Gasteiger partial charge in [0.05, 0.1) is 6.61 Å². The van der Waals surface area contributed by atoms with Crippen molar-refractivity contribution in [3.8, 4) is 24.7 Å². The molecule has 0 heterocycles. The number of allylic oxidation sites excluding steroid dienone is 4. The van der Waals surface area contributed by atoms with Crippen molar-refractivity contribution in [3.63, 3.8) is 0 Å². The number of terminal acetylenes is 2. The molecule has 0 aliphatic carbocycles. The van der Waals surface area contributed by atoms with Crippen LogP contribution in [0.15, 0.2) is 60.9 Å². The Morgan fingerprint density at radius 3 is 2.43 bits per heavy atom. The SMILES string of the molecule is C#Cc1ccc(/C(C=C)=C(/C)OCCC(=C)C(=C)C)c(C#C)c1. The molecular weight excluding hydrogens is 280 g/mol. The van der Waals surface area contributed by atoms with Crippen LogP contribution in [0.4, 0.5) is 0 Å². The van der Waals surface area contributed by atoms with Crippen LogP contribution in [0.1, 0.15) is 37.0 Å². The average molecular weight is 302 g/mol. The van der Waals surface area contributed by atoms with Gasteiger partial charge in [0.25, 0.3) is 0 Å². The van der Waals surface area contributed by atoms with Gasteiger partial charge in [-0.1, -0.05) is 49.3 Å². The molecule has 1 aromatic carbocycles. The first-order valence-corrected chi connectivity index (χ1v) is 7.32. The Labute approximate surface area is 140 Å². The molecule has 0 atom stereocenters. The van der Waals surface area contributed by atoms with Crippen molar-refractivity contribution in [2.75, 3.05) is 6.61 Å². The molecule has 1 rings (SSSR count). The lowest BCUT2D eigenvalue weighted by Gasteiger charge is -2.13. The molecule has 0 N–H and O–H groups in total. The molecule has 1 heteroatoms. The summed E-state index contributed by atoms with van der Waals surface area (Å²) < 4.78 is 5.82. The molecule has 0 radical (unpaired) electrons. The average Bonchev–Trinajstić information content (AvgIpc) is 2.55. The summed E-state index contributed by atoms with van der Waals surface area (Å²) in [5, 5.41) is 0. The minimum Gasteiger partial charge on any atom is -0.497 e. The molecule has 0 amide bonds. The summed E-state index contributed by atoms with van der Waals surface area (Å²) in [4.78, 5) is 0. The second-order valence-corrected chi connectivity index (χ2v) is 5.21. The molecule has 0 saturated heterocycles. The van der Waals surface area contributed by atoms with E-state index in [1.807, 2.05) is 32.0 Å². The minimum absolute atomic E-state index is 0.530. The highest BCUT2D eigenvalue weighted by molar-refractivity contribution is 5.79. The largest absolute Gasteiger partial charge is 0.497 e. The standard InChI is InChI=1S/C22H22O/c1-8-19-11-12-22(20(9-2)15-19)21(10-3)18(7)23-14-13-17(6)16(4)5/h1-2,10-12,15H,3-4,6,13-14H2,5,7H3/b21-18-. The molecule has 0 spiro atoms. The summed E-state index contributed by atoms with van der Waals surface area (Å²) in [6.45, 7) is 16.1. The fraction of sp³-hybridized carbons (Fsp3) is 0.182. The second-order valence-electron chi connectivity index (χ2n) is 5.21. The van der Waals surface area contributed by atoms with Gasteiger partial charge in [-0.2, -0.15) is 0 Å². The van der Waals surface area contributed by atoms with E-state index in [1.165, 1.54) is 0 Å². The van der Waals surface area contributed by atoms with Crippen LogP contribution in [0.5, 0.6) is 0 Å². The topological polar surface area (TPSA) is 9.23 Å². The summed E-state index contributed by atoms with van der Waals surface area (Å²) in [6.07, 6.45) is 13.5. The van der Waals surface area contributed by atoms with Gasteiger partial charge in [-0.15, -0.1) is 12.8 Å². The summed E-state index contributed by atoms with van der Waals surface area (Å²) in [7, 11) is 0. The monoisotopic (exact) mass is 302 g/mol. The normalized spacial score (nSPS) is 10.8. The fourth-order valence-corrected chi connectivity index (χ4v) is 2.05. The maximum atomic E-state index is 5.82. The Morgan fingerprint density at radius 1 is 1.22 bits per heavy atom. The van der Waals surface area contributed by atoms with Crippen LogP contribution in [0.3, 0.4) is 0 Å². The Bertz CT molecular complexity index is 745. The number of rotatable bonds is 7. The third-order valence-electron chi connectivity index (χ3n) is 3.54. The highest BCUT2D eigenvalue weighted by atomic mass is 16.5. The van der Waals surface area contributed by atoms with E-state index >= 15 is 0 Å². The third kappa shape index (κ3) is 4.80. The smallest absolute Gasteiger partial charge is 0.101 e. The van der Waals surface area contributed by atoms with E-state index in [-0.39, 0.29) is 0 Å². The van der Waals surface area contributed by atoms with E-state index in [0.29, 0.717) is 6.61 Å². The molecule has 1 nitrogen and oxygen atoms in total. The molecule has 0 unspecified atom stereocenters. The fourth-order valence-electron chi connectivity index (χ4n) is 2.05. The molecule has 0 bridgehead atoms. The van der Waals surface area contributed by atoms with Crippen molar-refractivity contribution < 1.29 is 4.74 Å². The Morgan fingerprint density at radius 2 is 1.91 bits per heavy atom. The van der Waals surface area contributed by atoms with Crippen LogP contribution in [0.25, 0.3) is 5.57 Å². The van der Waals surface area contributed by atoms with Crippen LogP contribution in [0, 0.1) is 24.7 Å². The van der Waals surface area contributed by atoms with E-state index < -0.39 is 0 Å². The Balaban J connectivity index is 3.05. The van der Waals surface area contributed by atoms with Crippen molar-refractivity contribution in [2.45, 2.75) is 20.3 Å². The quantitative estimate of drug-likeness (QED) is 0.386. The molecule has 0 aromatic heterocycles. The number of benzene rings is 1. The summed E-state index contributed by atoms with van der Waals surface area (Å²) in [5.74, 6) is 6.02. The summed E-state index contributed by atoms with van der Waals surface area (Å²) >= 11 is 0. The molecule has 1 aromatic rings. The number of ether oxygens (including phenoxy) is 1. The van der Waals surface area contributed by atoms with Gasteiger partial charge in [0, 0.05) is 28.7 Å². The third-order valence-corrected chi connectivity index (χ3v) is 3.54. The predicted molar refractivity (Wildman–Crippen MR) is 99.6 cm³/mol. The van der Waals surface area contributed by atoms with E-state index in [4.69, 9.17) is 17.6 Å². The van der Waals surface area contributed by atoms with Crippen LogP contribution >= 0.6 is 0 Å². The zero-order chi connectivity index (χ0) is 17.4. The van der Waals surface area contributed by atoms with Crippen molar-refractivity contribution in [1.82, 2.24) is 0 Å². The van der Waals surface area contributed by atoms with Gasteiger partial charge in [0.2, 0.25) is 0 Å². The van der Waals surface area contributed by atoms with Gasteiger partial charge in [0.1, 0.15) is 5.76 Å². The van der Waals surface area contributed by atoms with Gasteiger partial charge in [-0.25, -0.2) is 0 Å². The van der Waals surface area contributed by atoms with E-state index in [9.17, 15) is 0 Å². The molecule has 116 valence electrons. The Hall–Kier alpha value is -2.90. The predicted octanol–water partition coefficient (Wildman–Crippen LogP) is 5.11. The molecule has 0 fully saturated rings. The maximum absolute atomic E-state index is 5.82. The highest BCUT2D eigenvalue weighted by Crippen LogP contribution is 2.25. The first kappa shape index (κ1) is 18.1. The highest BCUT2D eigenvalue weighted by Gasteiger charge is 2.09. The van der Waals surface area contributed by atoms with Crippen LogP contribution < -0.4 is 0 Å². The minimum atomic E-state index is 0.530. The molecule has 0 saturated carbocycles. The van der Waals surface area contributed by atoms with E-state index in [1.54, 1.807) is 6.08 Å². The lowest BCUT2D eigenvalue weighted by Crippen LogP contribution is -1.99. The molecule has 23 heavy (non-hydrogen) atoms.